The molecule has 0 saturated carbocycles. The summed E-state index contributed by atoms with van der Waals surface area (Å²) in [6.45, 7) is 0. The van der Waals surface area contributed by atoms with Crippen molar-refractivity contribution in [1.29, 1.82) is 0 Å². The summed E-state index contributed by atoms with van der Waals surface area (Å²) < 4.78 is 38.8. The SMILES string of the molecule is Fc1cc(-c2nccc(CCl)n2)cc(F)c1F. The number of hydrogen-bond donors (Lipinski definition) is 0. The fourth-order valence-corrected chi connectivity index (χ4v) is 1.44. The molecule has 0 bridgehead atoms. The van der Waals surface area contributed by atoms with Crippen LogP contribution < -0.4 is 0 Å². The van der Waals surface area contributed by atoms with Crippen LogP contribution in [0.2, 0.25) is 0 Å². The molecular formula is C11H6ClF3N2. The van der Waals surface area contributed by atoms with Crippen LogP contribution in [0.5, 0.6) is 0 Å². The lowest BCUT2D eigenvalue weighted by molar-refractivity contribution is 0.447. The van der Waals surface area contributed by atoms with E-state index in [1.54, 1.807) is 6.07 Å². The Kier molecular flexibility index (Phi) is 3.28. The van der Waals surface area contributed by atoms with Crippen LogP contribution in [0.1, 0.15) is 5.69 Å². The van der Waals surface area contributed by atoms with Gasteiger partial charge in [0.2, 0.25) is 0 Å². The van der Waals surface area contributed by atoms with Gasteiger partial charge < -0.3 is 0 Å². The molecule has 1 heterocycles. The molecule has 6 heteroatoms. The van der Waals surface area contributed by atoms with E-state index in [1.165, 1.54) is 6.20 Å². The highest BCUT2D eigenvalue weighted by Gasteiger charge is 2.13. The second-order valence-corrected chi connectivity index (χ2v) is 3.53. The topological polar surface area (TPSA) is 25.8 Å². The van der Waals surface area contributed by atoms with Crippen molar-refractivity contribution in [2.45, 2.75) is 5.88 Å². The third-order valence-corrected chi connectivity index (χ3v) is 2.37. The molecule has 0 atom stereocenters. The Morgan fingerprint density at radius 3 is 2.35 bits per heavy atom. The number of benzene rings is 1. The van der Waals surface area contributed by atoms with E-state index in [0.717, 1.165) is 12.1 Å². The lowest BCUT2D eigenvalue weighted by atomic mass is 10.2. The summed E-state index contributed by atoms with van der Waals surface area (Å²) in [5.41, 5.74) is 0.579. The summed E-state index contributed by atoms with van der Waals surface area (Å²) in [6, 6.07) is 3.25. The Morgan fingerprint density at radius 1 is 1.12 bits per heavy atom. The van der Waals surface area contributed by atoms with Crippen molar-refractivity contribution in [2.75, 3.05) is 0 Å². The first kappa shape index (κ1) is 11.9. The molecule has 0 spiro atoms. The Morgan fingerprint density at radius 2 is 1.76 bits per heavy atom. The molecule has 2 aromatic rings. The Bertz CT molecular complexity index is 537. The van der Waals surface area contributed by atoms with Crippen LogP contribution in [0.4, 0.5) is 13.2 Å². The summed E-state index contributed by atoms with van der Waals surface area (Å²) in [7, 11) is 0. The van der Waals surface area contributed by atoms with Gasteiger partial charge >= 0.3 is 0 Å². The zero-order valence-corrected chi connectivity index (χ0v) is 9.18. The third kappa shape index (κ3) is 2.39. The molecule has 88 valence electrons. The smallest absolute Gasteiger partial charge is 0.194 e. The molecule has 0 N–H and O–H groups in total. The maximum absolute atomic E-state index is 13.0. The van der Waals surface area contributed by atoms with Crippen LogP contribution in [0.3, 0.4) is 0 Å². The fourth-order valence-electron chi connectivity index (χ4n) is 1.29. The molecule has 0 aliphatic carbocycles. The van der Waals surface area contributed by atoms with Crippen molar-refractivity contribution in [3.8, 4) is 11.4 Å². The van der Waals surface area contributed by atoms with Gasteiger partial charge in [0.25, 0.3) is 0 Å². The lowest BCUT2D eigenvalue weighted by Gasteiger charge is -2.03. The molecule has 1 aromatic carbocycles. The second-order valence-electron chi connectivity index (χ2n) is 3.26. The molecular weight excluding hydrogens is 253 g/mol. The molecule has 0 saturated heterocycles. The molecule has 0 amide bonds. The summed E-state index contributed by atoms with van der Waals surface area (Å²) in [5.74, 6) is -3.82. The van der Waals surface area contributed by atoms with Crippen LogP contribution in [-0.2, 0) is 5.88 Å². The van der Waals surface area contributed by atoms with Crippen molar-refractivity contribution >= 4 is 11.6 Å². The van der Waals surface area contributed by atoms with Crippen LogP contribution in [-0.4, -0.2) is 9.97 Å². The number of nitrogens with zero attached hydrogens (tertiary/aromatic N) is 2. The first-order chi connectivity index (χ1) is 8.11. The molecule has 0 unspecified atom stereocenters. The summed E-state index contributed by atoms with van der Waals surface area (Å²) in [5, 5.41) is 0. The maximum atomic E-state index is 13.0. The van der Waals surface area contributed by atoms with Gasteiger partial charge in [0.1, 0.15) is 0 Å². The normalized spacial score (nSPS) is 10.6. The predicted molar refractivity (Wildman–Crippen MR) is 56.9 cm³/mol. The molecule has 2 nitrogen and oxygen atoms in total. The number of halogens is 4. The molecule has 2 rings (SSSR count). The zero-order valence-electron chi connectivity index (χ0n) is 8.42. The third-order valence-electron chi connectivity index (χ3n) is 2.09. The van der Waals surface area contributed by atoms with Crippen LogP contribution in [0.15, 0.2) is 24.4 Å². The Balaban J connectivity index is 2.52. The van der Waals surface area contributed by atoms with E-state index in [1.807, 2.05) is 0 Å². The highest BCUT2D eigenvalue weighted by molar-refractivity contribution is 6.16. The van der Waals surface area contributed by atoms with Crippen molar-refractivity contribution in [2.24, 2.45) is 0 Å². The quantitative estimate of drug-likeness (QED) is 0.610. The number of aromatic nitrogens is 2. The van der Waals surface area contributed by atoms with Crippen molar-refractivity contribution < 1.29 is 13.2 Å². The number of rotatable bonds is 2. The Labute approximate surface area is 100 Å². The van der Waals surface area contributed by atoms with E-state index in [0.29, 0.717) is 5.69 Å². The monoisotopic (exact) mass is 258 g/mol. The fraction of sp³-hybridized carbons (Fsp3) is 0.0909. The predicted octanol–water partition coefficient (Wildman–Crippen LogP) is 3.30. The van der Waals surface area contributed by atoms with E-state index in [2.05, 4.69) is 9.97 Å². The molecule has 0 fully saturated rings. The minimum Gasteiger partial charge on any atom is -0.237 e. The Hall–Kier alpha value is -1.62. The highest BCUT2D eigenvalue weighted by Crippen LogP contribution is 2.21. The number of hydrogen-bond acceptors (Lipinski definition) is 2. The van der Waals surface area contributed by atoms with Gasteiger partial charge in [0, 0.05) is 11.8 Å². The van der Waals surface area contributed by atoms with Crippen LogP contribution >= 0.6 is 11.6 Å². The largest absolute Gasteiger partial charge is 0.237 e. The van der Waals surface area contributed by atoms with E-state index >= 15 is 0 Å². The van der Waals surface area contributed by atoms with E-state index in [9.17, 15) is 13.2 Å². The van der Waals surface area contributed by atoms with Crippen molar-refractivity contribution in [3.63, 3.8) is 0 Å². The van der Waals surface area contributed by atoms with Gasteiger partial charge in [0.05, 0.1) is 11.6 Å². The van der Waals surface area contributed by atoms with Gasteiger partial charge in [-0.2, -0.15) is 0 Å². The molecule has 17 heavy (non-hydrogen) atoms. The van der Waals surface area contributed by atoms with Gasteiger partial charge in [0.15, 0.2) is 23.3 Å². The second kappa shape index (κ2) is 4.71. The first-order valence-corrected chi connectivity index (χ1v) is 5.18. The van der Waals surface area contributed by atoms with Crippen molar-refractivity contribution in [1.82, 2.24) is 9.97 Å². The average Bonchev–Trinajstić information content (AvgIpc) is 2.35. The molecule has 0 aliphatic heterocycles. The van der Waals surface area contributed by atoms with Gasteiger partial charge in [-0.25, -0.2) is 23.1 Å². The number of alkyl halides is 1. The summed E-state index contributed by atoms with van der Waals surface area (Å²) in [4.78, 5) is 7.82. The van der Waals surface area contributed by atoms with E-state index in [-0.39, 0.29) is 17.3 Å². The minimum atomic E-state index is -1.51. The molecule has 1 aromatic heterocycles. The van der Waals surface area contributed by atoms with Gasteiger partial charge in [-0.05, 0) is 18.2 Å². The van der Waals surface area contributed by atoms with Gasteiger partial charge in [-0.3, -0.25) is 0 Å². The lowest BCUT2D eigenvalue weighted by Crippen LogP contribution is -1.96. The first-order valence-electron chi connectivity index (χ1n) is 4.64. The van der Waals surface area contributed by atoms with E-state index < -0.39 is 17.5 Å². The highest BCUT2D eigenvalue weighted by atomic mass is 35.5. The van der Waals surface area contributed by atoms with Crippen LogP contribution in [0, 0.1) is 17.5 Å². The standard InChI is InChI=1S/C11H6ClF3N2/c12-5-7-1-2-16-11(17-7)6-3-8(13)10(15)9(14)4-6/h1-4H,5H2. The molecule has 0 aliphatic rings. The van der Waals surface area contributed by atoms with Crippen LogP contribution in [0.25, 0.3) is 11.4 Å². The van der Waals surface area contributed by atoms with E-state index in [4.69, 9.17) is 11.6 Å². The summed E-state index contributed by atoms with van der Waals surface area (Å²) in [6.07, 6.45) is 1.42. The molecule has 0 radical (unpaired) electrons. The maximum Gasteiger partial charge on any atom is 0.194 e. The average molecular weight is 259 g/mol. The van der Waals surface area contributed by atoms with Crippen molar-refractivity contribution in [3.05, 3.63) is 47.5 Å². The van der Waals surface area contributed by atoms with Gasteiger partial charge in [-0.15, -0.1) is 11.6 Å². The minimum absolute atomic E-state index is 0.0633. The van der Waals surface area contributed by atoms with Gasteiger partial charge in [-0.1, -0.05) is 0 Å². The zero-order chi connectivity index (χ0) is 12.4. The summed E-state index contributed by atoms with van der Waals surface area (Å²) >= 11 is 5.58.